The Bertz CT molecular complexity index is 849. The quantitative estimate of drug-likeness (QED) is 0.623. The van der Waals surface area contributed by atoms with Gasteiger partial charge in [-0.3, -0.25) is 4.79 Å². The van der Waals surface area contributed by atoms with Crippen molar-refractivity contribution in [2.45, 2.75) is 64.7 Å². The maximum Gasteiger partial charge on any atom is 0.323 e. The average molecular weight is 367 g/mol. The van der Waals surface area contributed by atoms with Gasteiger partial charge in [0.15, 0.2) is 0 Å². The van der Waals surface area contributed by atoms with E-state index in [4.69, 9.17) is 9.84 Å². The SMILES string of the molecule is CC(C)(C)c1cc2c(c(C(C)(C)C)c1)OC(=O)C2c1ccc(CCO)cc1. The molecule has 1 aliphatic heterocycles. The van der Waals surface area contributed by atoms with E-state index in [2.05, 4.69) is 53.7 Å². The molecular formula is C24H30O3. The van der Waals surface area contributed by atoms with Gasteiger partial charge in [-0.25, -0.2) is 0 Å². The predicted molar refractivity (Wildman–Crippen MR) is 109 cm³/mol. The number of esters is 1. The van der Waals surface area contributed by atoms with Crippen molar-refractivity contribution < 1.29 is 14.6 Å². The summed E-state index contributed by atoms with van der Waals surface area (Å²) in [5.74, 6) is 0.118. The maximum absolute atomic E-state index is 12.8. The number of hydrogen-bond donors (Lipinski definition) is 1. The number of rotatable bonds is 3. The molecule has 2 aromatic rings. The van der Waals surface area contributed by atoms with Crippen molar-refractivity contribution in [1.29, 1.82) is 0 Å². The molecule has 1 N–H and O–H groups in total. The first kappa shape index (κ1) is 19.6. The van der Waals surface area contributed by atoms with Crippen molar-refractivity contribution in [2.75, 3.05) is 6.61 Å². The zero-order chi connectivity index (χ0) is 20.0. The molecule has 0 aliphatic carbocycles. The molecule has 0 bridgehead atoms. The summed E-state index contributed by atoms with van der Waals surface area (Å²) in [6, 6.07) is 12.3. The standard InChI is InChI=1S/C24H30O3/c1-23(2,3)17-13-18-20(16-9-7-15(8-10-16)11-12-25)22(26)27-21(18)19(14-17)24(4,5)6/h7-10,13-14,20,25H,11-12H2,1-6H3. The minimum absolute atomic E-state index is 0.0177. The Morgan fingerprint density at radius 2 is 1.59 bits per heavy atom. The van der Waals surface area contributed by atoms with Crippen LogP contribution in [0, 0.1) is 0 Å². The van der Waals surface area contributed by atoms with Gasteiger partial charge in [-0.05, 0) is 33.9 Å². The molecule has 1 heterocycles. The first-order valence-corrected chi connectivity index (χ1v) is 9.62. The Morgan fingerprint density at radius 3 is 2.11 bits per heavy atom. The van der Waals surface area contributed by atoms with Gasteiger partial charge in [0.05, 0.1) is 0 Å². The molecule has 2 aromatic carbocycles. The highest BCUT2D eigenvalue weighted by atomic mass is 16.5. The summed E-state index contributed by atoms with van der Waals surface area (Å²) in [5, 5.41) is 9.11. The summed E-state index contributed by atoms with van der Waals surface area (Å²) < 4.78 is 5.80. The van der Waals surface area contributed by atoms with Crippen LogP contribution in [0.2, 0.25) is 0 Å². The van der Waals surface area contributed by atoms with Gasteiger partial charge in [0.1, 0.15) is 11.7 Å². The minimum atomic E-state index is -0.397. The van der Waals surface area contributed by atoms with Crippen molar-refractivity contribution in [2.24, 2.45) is 0 Å². The van der Waals surface area contributed by atoms with Crippen molar-refractivity contribution in [3.63, 3.8) is 0 Å². The summed E-state index contributed by atoms with van der Waals surface area (Å²) in [7, 11) is 0. The molecule has 1 unspecified atom stereocenters. The molecule has 27 heavy (non-hydrogen) atoms. The van der Waals surface area contributed by atoms with E-state index < -0.39 is 5.92 Å². The van der Waals surface area contributed by atoms with Gasteiger partial charge >= 0.3 is 5.97 Å². The summed E-state index contributed by atoms with van der Waals surface area (Å²) >= 11 is 0. The van der Waals surface area contributed by atoms with Crippen molar-refractivity contribution in [1.82, 2.24) is 0 Å². The number of ether oxygens (including phenoxy) is 1. The Kier molecular flexibility index (Phi) is 4.94. The molecular weight excluding hydrogens is 336 g/mol. The Hall–Kier alpha value is -2.13. The lowest BCUT2D eigenvalue weighted by Crippen LogP contribution is -2.17. The number of fused-ring (bicyclic) bond motifs is 1. The summed E-state index contributed by atoms with van der Waals surface area (Å²) in [5.41, 5.74) is 5.12. The van der Waals surface area contributed by atoms with Gasteiger partial charge in [-0.15, -0.1) is 0 Å². The fourth-order valence-corrected chi connectivity index (χ4v) is 3.58. The van der Waals surface area contributed by atoms with Crippen LogP contribution < -0.4 is 4.74 Å². The highest BCUT2D eigenvalue weighted by Gasteiger charge is 2.39. The second kappa shape index (κ2) is 6.79. The molecule has 3 nitrogen and oxygen atoms in total. The first-order chi connectivity index (χ1) is 12.5. The monoisotopic (exact) mass is 366 g/mol. The maximum atomic E-state index is 12.8. The summed E-state index contributed by atoms with van der Waals surface area (Å²) in [4.78, 5) is 12.8. The molecule has 144 valence electrons. The van der Waals surface area contributed by atoms with Gasteiger partial charge in [0, 0.05) is 17.7 Å². The largest absolute Gasteiger partial charge is 0.425 e. The molecule has 0 saturated heterocycles. The van der Waals surface area contributed by atoms with Gasteiger partial charge in [0.2, 0.25) is 0 Å². The van der Waals surface area contributed by atoms with Crippen LogP contribution in [0.25, 0.3) is 0 Å². The third kappa shape index (κ3) is 3.79. The second-order valence-electron chi connectivity index (χ2n) is 9.51. The summed E-state index contributed by atoms with van der Waals surface area (Å²) in [6.07, 6.45) is 0.619. The molecule has 0 radical (unpaired) electrons. The van der Waals surface area contributed by atoms with Crippen LogP contribution in [0.4, 0.5) is 0 Å². The zero-order valence-corrected chi connectivity index (χ0v) is 17.2. The van der Waals surface area contributed by atoms with Gasteiger partial charge in [-0.2, -0.15) is 0 Å². The van der Waals surface area contributed by atoms with Crippen LogP contribution in [0.15, 0.2) is 36.4 Å². The van der Waals surface area contributed by atoms with E-state index in [-0.39, 0.29) is 23.4 Å². The van der Waals surface area contributed by atoms with E-state index in [0.717, 1.165) is 28.0 Å². The van der Waals surface area contributed by atoms with Crippen LogP contribution >= 0.6 is 0 Å². The van der Waals surface area contributed by atoms with Crippen LogP contribution in [-0.2, 0) is 22.0 Å². The lowest BCUT2D eigenvalue weighted by Gasteiger charge is -2.27. The molecule has 0 spiro atoms. The lowest BCUT2D eigenvalue weighted by atomic mass is 9.77. The highest BCUT2D eigenvalue weighted by molar-refractivity contribution is 5.90. The highest BCUT2D eigenvalue weighted by Crippen LogP contribution is 2.47. The van der Waals surface area contributed by atoms with Crippen LogP contribution in [0.3, 0.4) is 0 Å². The van der Waals surface area contributed by atoms with E-state index >= 15 is 0 Å². The van der Waals surface area contributed by atoms with Crippen LogP contribution in [0.5, 0.6) is 5.75 Å². The smallest absolute Gasteiger partial charge is 0.323 e. The number of hydrogen-bond acceptors (Lipinski definition) is 3. The van der Waals surface area contributed by atoms with Gasteiger partial charge in [-0.1, -0.05) is 77.9 Å². The third-order valence-corrected chi connectivity index (χ3v) is 5.25. The van der Waals surface area contributed by atoms with Gasteiger partial charge < -0.3 is 9.84 Å². The van der Waals surface area contributed by atoms with Crippen molar-refractivity contribution >= 4 is 5.97 Å². The molecule has 3 rings (SSSR count). The molecule has 1 aliphatic rings. The Balaban J connectivity index is 2.15. The molecule has 1 atom stereocenters. The topological polar surface area (TPSA) is 46.5 Å². The van der Waals surface area contributed by atoms with Crippen molar-refractivity contribution in [3.05, 3.63) is 64.2 Å². The number of benzene rings is 2. The number of carbonyl (C=O) groups is 1. The van der Waals surface area contributed by atoms with Gasteiger partial charge in [0.25, 0.3) is 0 Å². The average Bonchev–Trinajstić information content (AvgIpc) is 2.89. The molecule has 0 amide bonds. The molecule has 0 aromatic heterocycles. The lowest BCUT2D eigenvalue weighted by molar-refractivity contribution is -0.133. The number of aliphatic hydroxyl groups excluding tert-OH is 1. The second-order valence-corrected chi connectivity index (χ2v) is 9.51. The molecule has 0 saturated carbocycles. The molecule has 3 heteroatoms. The predicted octanol–water partition coefficient (Wildman–Crippen LogP) is 4.87. The number of aliphatic hydroxyl groups is 1. The fraction of sp³-hybridized carbons (Fsp3) is 0.458. The normalized spacial score (nSPS) is 17.0. The van der Waals surface area contributed by atoms with E-state index in [1.807, 2.05) is 24.3 Å². The Morgan fingerprint density at radius 1 is 0.963 bits per heavy atom. The third-order valence-electron chi connectivity index (χ3n) is 5.25. The van der Waals surface area contributed by atoms with E-state index in [9.17, 15) is 4.79 Å². The molecule has 0 fully saturated rings. The van der Waals surface area contributed by atoms with Crippen LogP contribution in [0.1, 0.15) is 75.3 Å². The van der Waals surface area contributed by atoms with E-state index in [1.54, 1.807) is 0 Å². The zero-order valence-electron chi connectivity index (χ0n) is 17.2. The van der Waals surface area contributed by atoms with E-state index in [0.29, 0.717) is 6.42 Å². The first-order valence-electron chi connectivity index (χ1n) is 9.62. The van der Waals surface area contributed by atoms with Crippen LogP contribution in [-0.4, -0.2) is 17.7 Å². The summed E-state index contributed by atoms with van der Waals surface area (Å²) in [6.45, 7) is 13.2. The van der Waals surface area contributed by atoms with E-state index in [1.165, 1.54) is 5.56 Å². The minimum Gasteiger partial charge on any atom is -0.425 e. The van der Waals surface area contributed by atoms with Crippen molar-refractivity contribution in [3.8, 4) is 5.75 Å². The number of carbonyl (C=O) groups excluding carboxylic acids is 1. The Labute approximate surface area is 162 Å². The fourth-order valence-electron chi connectivity index (χ4n) is 3.58.